The Hall–Kier alpha value is -4.98. The molecule has 0 aliphatic heterocycles. The highest BCUT2D eigenvalue weighted by molar-refractivity contribution is 5.87. The largest absolute Gasteiger partial charge is 0.458 e. The van der Waals surface area contributed by atoms with E-state index in [0.29, 0.717) is 33.6 Å². The second-order valence-corrected chi connectivity index (χ2v) is 8.08. The minimum absolute atomic E-state index is 0.0276. The van der Waals surface area contributed by atoms with Gasteiger partial charge in [-0.3, -0.25) is 9.97 Å². The van der Waals surface area contributed by atoms with Crippen LogP contribution in [-0.4, -0.2) is 21.9 Å². The highest BCUT2D eigenvalue weighted by atomic mass is 19.1. The summed E-state index contributed by atoms with van der Waals surface area (Å²) in [4.78, 5) is 32.8. The van der Waals surface area contributed by atoms with Gasteiger partial charge in [-0.15, -0.1) is 0 Å². The van der Waals surface area contributed by atoms with Crippen molar-refractivity contribution in [3.05, 3.63) is 131 Å². The fourth-order valence-corrected chi connectivity index (χ4v) is 3.29. The molecule has 0 bridgehead atoms. The first kappa shape index (κ1) is 26.1. The van der Waals surface area contributed by atoms with Gasteiger partial charge >= 0.3 is 11.9 Å². The average molecular weight is 513 g/mol. The number of hydrogen-bond donors (Lipinski definition) is 0. The molecule has 0 amide bonds. The monoisotopic (exact) mass is 512 g/mol. The average Bonchev–Trinajstić information content (AvgIpc) is 2.94. The summed E-state index contributed by atoms with van der Waals surface area (Å²) in [6.45, 7) is 0.0552. The van der Waals surface area contributed by atoms with E-state index in [9.17, 15) is 18.4 Å². The van der Waals surface area contributed by atoms with Crippen molar-refractivity contribution in [3.63, 3.8) is 0 Å². The van der Waals surface area contributed by atoms with Gasteiger partial charge in [0.1, 0.15) is 24.8 Å². The summed E-state index contributed by atoms with van der Waals surface area (Å²) < 4.78 is 36.5. The van der Waals surface area contributed by atoms with Crippen LogP contribution in [0.15, 0.2) is 97.3 Å². The topological polar surface area (TPSA) is 78.4 Å². The molecule has 2 aromatic heterocycles. The Kier molecular flexibility index (Phi) is 8.80. The summed E-state index contributed by atoms with van der Waals surface area (Å²) >= 11 is 0. The molecule has 0 N–H and O–H groups in total. The number of esters is 2. The summed E-state index contributed by atoms with van der Waals surface area (Å²) in [5.74, 6) is -1.78. The van der Waals surface area contributed by atoms with Gasteiger partial charge in [-0.2, -0.15) is 0 Å². The zero-order valence-electron chi connectivity index (χ0n) is 20.1. The van der Waals surface area contributed by atoms with E-state index in [4.69, 9.17) is 9.47 Å². The normalized spacial score (nSPS) is 11.1. The zero-order valence-corrected chi connectivity index (χ0v) is 20.1. The molecule has 0 saturated heterocycles. The molecule has 0 unspecified atom stereocenters. The maximum Gasteiger partial charge on any atom is 0.331 e. The first-order chi connectivity index (χ1) is 18.4. The molecule has 0 spiro atoms. The number of carbonyl (C=O) groups is 2. The van der Waals surface area contributed by atoms with Crippen molar-refractivity contribution in [2.45, 2.75) is 13.2 Å². The Morgan fingerprint density at radius 2 is 1.03 bits per heavy atom. The molecular formula is C30H22F2N2O4. The molecule has 4 rings (SSSR count). The van der Waals surface area contributed by atoms with Crippen LogP contribution < -0.4 is 0 Å². The van der Waals surface area contributed by atoms with Crippen molar-refractivity contribution in [1.29, 1.82) is 0 Å². The van der Waals surface area contributed by atoms with E-state index in [1.165, 1.54) is 36.4 Å². The molecule has 4 aromatic rings. The predicted octanol–water partition coefficient (Wildman–Crippen LogP) is 5.94. The van der Waals surface area contributed by atoms with Gasteiger partial charge in [-0.1, -0.05) is 24.3 Å². The molecule has 0 fully saturated rings. The number of nitrogens with zero attached hydrogens (tertiary/aromatic N) is 2. The first-order valence-corrected chi connectivity index (χ1v) is 11.6. The van der Waals surface area contributed by atoms with Crippen molar-refractivity contribution in [2.24, 2.45) is 0 Å². The van der Waals surface area contributed by atoms with Crippen molar-refractivity contribution in [2.75, 3.05) is 0 Å². The summed E-state index contributed by atoms with van der Waals surface area (Å²) in [6, 6.07) is 18.4. The van der Waals surface area contributed by atoms with Gasteiger partial charge in [0.15, 0.2) is 0 Å². The van der Waals surface area contributed by atoms with Crippen LogP contribution in [0.2, 0.25) is 0 Å². The smallest absolute Gasteiger partial charge is 0.331 e. The third kappa shape index (κ3) is 8.03. The Bertz CT molecular complexity index is 1350. The molecule has 38 heavy (non-hydrogen) atoms. The van der Waals surface area contributed by atoms with Gasteiger partial charge in [-0.05, 0) is 82.9 Å². The molecule has 0 saturated carbocycles. The Morgan fingerprint density at radius 1 is 0.632 bits per heavy atom. The minimum Gasteiger partial charge on any atom is -0.458 e. The lowest BCUT2D eigenvalue weighted by Gasteiger charge is -2.07. The quantitative estimate of drug-likeness (QED) is 0.204. The Balaban J connectivity index is 1.31. The summed E-state index contributed by atoms with van der Waals surface area (Å²) in [6.07, 6.45) is 8.80. The number of ether oxygens (including phenoxy) is 2. The zero-order chi connectivity index (χ0) is 26.7. The molecule has 2 heterocycles. The number of hydrogen-bond acceptors (Lipinski definition) is 6. The molecule has 0 aliphatic carbocycles. The third-order valence-corrected chi connectivity index (χ3v) is 5.24. The fourth-order valence-electron chi connectivity index (χ4n) is 3.29. The highest BCUT2D eigenvalue weighted by Gasteiger charge is 2.07. The molecule has 0 atom stereocenters. The minimum atomic E-state index is -0.539. The van der Waals surface area contributed by atoms with Crippen LogP contribution >= 0.6 is 0 Å². The van der Waals surface area contributed by atoms with Crippen LogP contribution in [-0.2, 0) is 32.3 Å². The van der Waals surface area contributed by atoms with Crippen molar-refractivity contribution in [1.82, 2.24) is 9.97 Å². The van der Waals surface area contributed by atoms with Crippen molar-refractivity contribution in [3.8, 4) is 11.4 Å². The molecule has 0 radical (unpaired) electrons. The predicted molar refractivity (Wildman–Crippen MR) is 138 cm³/mol. The number of carbonyl (C=O) groups excluding carboxylic acids is 2. The van der Waals surface area contributed by atoms with Gasteiger partial charge in [0.2, 0.25) is 0 Å². The number of pyridine rings is 2. The lowest BCUT2D eigenvalue weighted by Crippen LogP contribution is -2.02. The lowest BCUT2D eigenvalue weighted by molar-refractivity contribution is -0.139. The molecule has 190 valence electrons. The molecule has 0 aliphatic rings. The van der Waals surface area contributed by atoms with Crippen LogP contribution in [0.4, 0.5) is 8.78 Å². The van der Waals surface area contributed by atoms with Gasteiger partial charge in [0.25, 0.3) is 0 Å². The van der Waals surface area contributed by atoms with Gasteiger partial charge in [0.05, 0.1) is 11.4 Å². The standard InChI is InChI=1S/C30H22F2N2O4/c31-25-7-1-21(2-8-25)5-11-29(35)37-19-23-13-15-33-27(17-23)28-18-24(14-16-34-28)20-38-30(36)12-6-22-3-9-26(32)10-4-22/h1-18H,19-20H2/b11-5+,12-6+. The Morgan fingerprint density at radius 3 is 1.42 bits per heavy atom. The van der Waals surface area contributed by atoms with E-state index < -0.39 is 11.9 Å². The van der Waals surface area contributed by atoms with E-state index in [2.05, 4.69) is 9.97 Å². The summed E-state index contributed by atoms with van der Waals surface area (Å²) in [5, 5.41) is 0. The van der Waals surface area contributed by atoms with Crippen LogP contribution in [0.25, 0.3) is 23.5 Å². The number of halogens is 2. The van der Waals surface area contributed by atoms with Crippen molar-refractivity contribution < 1.29 is 27.8 Å². The van der Waals surface area contributed by atoms with Crippen LogP contribution in [0.5, 0.6) is 0 Å². The van der Waals surface area contributed by atoms with Gasteiger partial charge in [0, 0.05) is 24.5 Å². The SMILES string of the molecule is O=C(/C=C/c1ccc(F)cc1)OCc1ccnc(-c2cc(COC(=O)/C=C/c3ccc(F)cc3)ccn2)c1. The molecule has 6 nitrogen and oxygen atoms in total. The second kappa shape index (κ2) is 12.8. The van der Waals surface area contributed by atoms with E-state index in [1.54, 1.807) is 73.1 Å². The fraction of sp³-hybridized carbons (Fsp3) is 0.0667. The second-order valence-electron chi connectivity index (χ2n) is 8.08. The number of rotatable bonds is 9. The number of aromatic nitrogens is 2. The van der Waals surface area contributed by atoms with Crippen LogP contribution in [0, 0.1) is 11.6 Å². The highest BCUT2D eigenvalue weighted by Crippen LogP contribution is 2.18. The van der Waals surface area contributed by atoms with Crippen molar-refractivity contribution >= 4 is 24.1 Å². The van der Waals surface area contributed by atoms with Gasteiger partial charge in [-0.25, -0.2) is 18.4 Å². The maximum absolute atomic E-state index is 13.0. The van der Waals surface area contributed by atoms with E-state index >= 15 is 0 Å². The van der Waals surface area contributed by atoms with E-state index in [0.717, 1.165) is 0 Å². The Labute approximate surface area is 217 Å². The molecule has 2 aromatic carbocycles. The first-order valence-electron chi connectivity index (χ1n) is 11.6. The van der Waals surface area contributed by atoms with Crippen LogP contribution in [0.3, 0.4) is 0 Å². The molecular weight excluding hydrogens is 490 g/mol. The number of benzene rings is 2. The van der Waals surface area contributed by atoms with Gasteiger partial charge < -0.3 is 9.47 Å². The van der Waals surface area contributed by atoms with Crippen LogP contribution in [0.1, 0.15) is 22.3 Å². The third-order valence-electron chi connectivity index (χ3n) is 5.24. The summed E-state index contributed by atoms with van der Waals surface area (Å²) in [7, 11) is 0. The summed E-state index contributed by atoms with van der Waals surface area (Å²) in [5.41, 5.74) is 3.89. The van der Waals surface area contributed by atoms with E-state index in [1.807, 2.05) is 0 Å². The van der Waals surface area contributed by atoms with E-state index in [-0.39, 0.29) is 24.8 Å². The molecule has 8 heteroatoms. The maximum atomic E-state index is 13.0. The lowest BCUT2D eigenvalue weighted by atomic mass is 10.1.